The molecule has 5 nitrogen and oxygen atoms in total. The lowest BCUT2D eigenvalue weighted by molar-refractivity contribution is -0.385. The Hall–Kier alpha value is -2.14. The Kier molecular flexibility index (Phi) is 4.20. The van der Waals surface area contributed by atoms with Gasteiger partial charge in [-0.2, -0.15) is 5.26 Å². The zero-order valence-corrected chi connectivity index (χ0v) is 12.7. The Morgan fingerprint density at radius 3 is 2.55 bits per heavy atom. The van der Waals surface area contributed by atoms with Crippen LogP contribution in [0.5, 0.6) is 0 Å². The van der Waals surface area contributed by atoms with Crippen LogP contribution in [0.25, 0.3) is 0 Å². The topological polar surface area (TPSA) is 70.2 Å². The van der Waals surface area contributed by atoms with E-state index in [0.717, 1.165) is 11.4 Å². The van der Waals surface area contributed by atoms with Crippen LogP contribution < -0.4 is 4.90 Å². The summed E-state index contributed by atoms with van der Waals surface area (Å²) in [5.41, 5.74) is 2.35. The molecule has 0 aromatic heterocycles. The van der Waals surface area contributed by atoms with Crippen LogP contribution in [-0.4, -0.2) is 12.0 Å². The second-order valence-corrected chi connectivity index (χ2v) is 5.28. The molecule has 20 heavy (non-hydrogen) atoms. The number of anilines is 2. The van der Waals surface area contributed by atoms with E-state index in [2.05, 4.69) is 6.07 Å². The summed E-state index contributed by atoms with van der Waals surface area (Å²) >= 11 is 1.95. The van der Waals surface area contributed by atoms with Crippen molar-refractivity contribution in [3.63, 3.8) is 0 Å². The molecule has 0 bridgehead atoms. The normalized spacial score (nSPS) is 9.85. The minimum Gasteiger partial charge on any atom is -0.345 e. The van der Waals surface area contributed by atoms with Crippen molar-refractivity contribution >= 4 is 39.7 Å². The average molecular weight is 379 g/mol. The smallest absolute Gasteiger partial charge is 0.282 e. The van der Waals surface area contributed by atoms with E-state index < -0.39 is 4.92 Å². The SMILES string of the molecule is CN(c1cccc(C#N)c1)c1ccc([N+](=O)[O-])c(I)c1. The van der Waals surface area contributed by atoms with Gasteiger partial charge >= 0.3 is 0 Å². The van der Waals surface area contributed by atoms with E-state index in [1.807, 2.05) is 40.6 Å². The number of hydrogen-bond acceptors (Lipinski definition) is 4. The number of rotatable bonds is 3. The number of halogens is 1. The van der Waals surface area contributed by atoms with Crippen molar-refractivity contribution in [1.29, 1.82) is 5.26 Å². The molecule has 0 fully saturated rings. The van der Waals surface area contributed by atoms with Gasteiger partial charge in [-0.15, -0.1) is 0 Å². The highest BCUT2D eigenvalue weighted by Crippen LogP contribution is 2.29. The van der Waals surface area contributed by atoms with E-state index >= 15 is 0 Å². The van der Waals surface area contributed by atoms with Crippen molar-refractivity contribution in [2.24, 2.45) is 0 Å². The molecule has 6 heteroatoms. The van der Waals surface area contributed by atoms with Crippen LogP contribution in [-0.2, 0) is 0 Å². The lowest BCUT2D eigenvalue weighted by Gasteiger charge is -2.19. The van der Waals surface area contributed by atoms with E-state index in [0.29, 0.717) is 9.13 Å². The molecular weight excluding hydrogens is 369 g/mol. The molecular formula is C14H10IN3O2. The molecule has 0 heterocycles. The fourth-order valence-corrected chi connectivity index (χ4v) is 2.48. The molecule has 0 N–H and O–H groups in total. The van der Waals surface area contributed by atoms with Gasteiger partial charge in [0.25, 0.3) is 5.69 Å². The Morgan fingerprint density at radius 1 is 1.25 bits per heavy atom. The summed E-state index contributed by atoms with van der Waals surface area (Å²) in [6, 6.07) is 14.2. The molecule has 0 aliphatic heterocycles. The standard InChI is InChI=1S/C14H10IN3O2/c1-17(11-4-2-3-10(7-11)9-16)12-5-6-14(18(19)20)13(15)8-12/h2-8H,1H3. The van der Waals surface area contributed by atoms with Crippen LogP contribution in [0.2, 0.25) is 0 Å². The minimum absolute atomic E-state index is 0.0912. The summed E-state index contributed by atoms with van der Waals surface area (Å²) < 4.78 is 0.577. The molecule has 2 rings (SSSR count). The van der Waals surface area contributed by atoms with E-state index in [-0.39, 0.29) is 5.69 Å². The summed E-state index contributed by atoms with van der Waals surface area (Å²) in [6.07, 6.45) is 0. The average Bonchev–Trinajstić information content (AvgIpc) is 2.46. The molecule has 100 valence electrons. The highest BCUT2D eigenvalue weighted by Gasteiger charge is 2.13. The first-order chi connectivity index (χ1) is 9.52. The van der Waals surface area contributed by atoms with Crippen LogP contribution >= 0.6 is 22.6 Å². The monoisotopic (exact) mass is 379 g/mol. The van der Waals surface area contributed by atoms with Crippen molar-refractivity contribution in [2.45, 2.75) is 0 Å². The number of hydrogen-bond donors (Lipinski definition) is 0. The summed E-state index contributed by atoms with van der Waals surface area (Å²) in [7, 11) is 1.85. The molecule has 2 aromatic rings. The summed E-state index contributed by atoms with van der Waals surface area (Å²) in [6.45, 7) is 0. The first-order valence-electron chi connectivity index (χ1n) is 5.71. The van der Waals surface area contributed by atoms with E-state index in [1.54, 1.807) is 30.3 Å². The van der Waals surface area contributed by atoms with Gasteiger partial charge in [-0.25, -0.2) is 0 Å². The third-order valence-corrected chi connectivity index (χ3v) is 3.74. The molecule has 0 aliphatic rings. The van der Waals surface area contributed by atoms with Crippen molar-refractivity contribution in [1.82, 2.24) is 0 Å². The maximum atomic E-state index is 10.8. The van der Waals surface area contributed by atoms with E-state index in [9.17, 15) is 10.1 Å². The summed E-state index contributed by atoms with van der Waals surface area (Å²) in [5, 5.41) is 19.7. The van der Waals surface area contributed by atoms with Crippen LogP contribution in [0.3, 0.4) is 0 Å². The summed E-state index contributed by atoms with van der Waals surface area (Å²) in [5.74, 6) is 0. The molecule has 0 aliphatic carbocycles. The third-order valence-electron chi connectivity index (χ3n) is 2.88. The van der Waals surface area contributed by atoms with Crippen molar-refractivity contribution in [3.8, 4) is 6.07 Å². The van der Waals surface area contributed by atoms with Gasteiger partial charge in [0, 0.05) is 24.5 Å². The fourth-order valence-electron chi connectivity index (χ4n) is 1.79. The Labute approximate surface area is 129 Å². The second kappa shape index (κ2) is 5.88. The molecule has 0 spiro atoms. The van der Waals surface area contributed by atoms with Gasteiger partial charge in [0.2, 0.25) is 0 Å². The molecule has 0 saturated carbocycles. The first kappa shape index (κ1) is 14.3. The fraction of sp³-hybridized carbons (Fsp3) is 0.0714. The van der Waals surface area contributed by atoms with Gasteiger partial charge < -0.3 is 4.90 Å². The van der Waals surface area contributed by atoms with Crippen LogP contribution in [0.1, 0.15) is 5.56 Å². The van der Waals surface area contributed by atoms with Crippen molar-refractivity contribution in [3.05, 3.63) is 61.7 Å². The van der Waals surface area contributed by atoms with Crippen molar-refractivity contribution < 1.29 is 4.92 Å². The van der Waals surface area contributed by atoms with Crippen LogP contribution in [0, 0.1) is 25.0 Å². The number of nitro benzene ring substituents is 1. The van der Waals surface area contributed by atoms with Gasteiger partial charge in [0.15, 0.2) is 0 Å². The second-order valence-electron chi connectivity index (χ2n) is 4.11. The zero-order chi connectivity index (χ0) is 14.7. The van der Waals surface area contributed by atoms with Crippen LogP contribution in [0.4, 0.5) is 17.1 Å². The Bertz CT molecular complexity index is 710. The predicted octanol–water partition coefficient (Wildman–Crippen LogP) is 3.84. The predicted molar refractivity (Wildman–Crippen MR) is 85.0 cm³/mol. The molecule has 0 saturated heterocycles. The highest BCUT2D eigenvalue weighted by atomic mass is 127. The van der Waals surface area contributed by atoms with Gasteiger partial charge in [-0.3, -0.25) is 10.1 Å². The molecule has 0 radical (unpaired) electrons. The number of benzene rings is 2. The van der Waals surface area contributed by atoms with Gasteiger partial charge in [0.1, 0.15) is 0 Å². The number of nitriles is 1. The lowest BCUT2D eigenvalue weighted by atomic mass is 10.2. The van der Waals surface area contributed by atoms with E-state index in [4.69, 9.17) is 5.26 Å². The lowest BCUT2D eigenvalue weighted by Crippen LogP contribution is -2.10. The highest BCUT2D eigenvalue weighted by molar-refractivity contribution is 14.1. The van der Waals surface area contributed by atoms with E-state index in [1.165, 1.54) is 6.07 Å². The van der Waals surface area contributed by atoms with Gasteiger partial charge in [-0.1, -0.05) is 6.07 Å². The molecule has 0 unspecified atom stereocenters. The quantitative estimate of drug-likeness (QED) is 0.462. The third kappa shape index (κ3) is 2.88. The van der Waals surface area contributed by atoms with Crippen LogP contribution in [0.15, 0.2) is 42.5 Å². The number of nitrogens with zero attached hydrogens (tertiary/aromatic N) is 3. The Balaban J connectivity index is 2.38. The number of nitro groups is 1. The Morgan fingerprint density at radius 2 is 1.95 bits per heavy atom. The van der Waals surface area contributed by atoms with Crippen molar-refractivity contribution in [2.75, 3.05) is 11.9 Å². The maximum Gasteiger partial charge on any atom is 0.282 e. The summed E-state index contributed by atoms with van der Waals surface area (Å²) in [4.78, 5) is 12.3. The van der Waals surface area contributed by atoms with Gasteiger partial charge in [-0.05, 0) is 52.9 Å². The largest absolute Gasteiger partial charge is 0.345 e. The minimum atomic E-state index is -0.401. The zero-order valence-electron chi connectivity index (χ0n) is 10.6. The van der Waals surface area contributed by atoms with Gasteiger partial charge in [0.05, 0.1) is 20.1 Å². The molecule has 0 amide bonds. The maximum absolute atomic E-state index is 10.8. The first-order valence-corrected chi connectivity index (χ1v) is 6.78. The molecule has 0 atom stereocenters. The molecule has 2 aromatic carbocycles.